The Morgan fingerprint density at radius 3 is 2.63 bits per heavy atom. The van der Waals surface area contributed by atoms with Gasteiger partial charge in [-0.2, -0.15) is 0 Å². The molecule has 2 aromatic rings. The summed E-state index contributed by atoms with van der Waals surface area (Å²) >= 11 is 6.02. The Morgan fingerprint density at radius 2 is 2.00 bits per heavy atom. The average Bonchev–Trinajstić information content (AvgIpc) is 2.39. The molecule has 0 saturated heterocycles. The van der Waals surface area contributed by atoms with Gasteiger partial charge >= 0.3 is 0 Å². The zero-order valence-electron chi connectivity index (χ0n) is 10.8. The van der Waals surface area contributed by atoms with Gasteiger partial charge in [0, 0.05) is 24.0 Å². The monoisotopic (exact) mass is 276 g/mol. The van der Waals surface area contributed by atoms with Gasteiger partial charge < -0.3 is 10.5 Å². The molecule has 0 fully saturated rings. The second-order valence-corrected chi connectivity index (χ2v) is 4.99. The number of halogens is 1. The molecule has 0 saturated carbocycles. The van der Waals surface area contributed by atoms with E-state index in [4.69, 9.17) is 22.1 Å². The van der Waals surface area contributed by atoms with Gasteiger partial charge in [-0.05, 0) is 37.1 Å². The molecule has 0 aliphatic rings. The number of rotatable bonds is 5. The number of benzene rings is 1. The molecule has 0 aliphatic carbocycles. The molecule has 2 rings (SSSR count). The minimum Gasteiger partial charge on any atom is -0.489 e. The topological polar surface area (TPSA) is 48.1 Å². The highest BCUT2D eigenvalue weighted by molar-refractivity contribution is 6.31. The lowest BCUT2D eigenvalue weighted by atomic mass is 10.1. The second kappa shape index (κ2) is 6.55. The Kier molecular flexibility index (Phi) is 4.77. The average molecular weight is 277 g/mol. The van der Waals surface area contributed by atoms with Gasteiger partial charge in [0.25, 0.3) is 0 Å². The Labute approximate surface area is 118 Å². The van der Waals surface area contributed by atoms with Crippen LogP contribution in [0, 0.1) is 0 Å². The van der Waals surface area contributed by atoms with Crippen LogP contribution in [-0.4, -0.2) is 11.0 Å². The maximum Gasteiger partial charge on any atom is 0.119 e. The van der Waals surface area contributed by atoms with E-state index in [2.05, 4.69) is 4.98 Å². The molecular weight excluding hydrogens is 260 g/mol. The van der Waals surface area contributed by atoms with E-state index in [0.29, 0.717) is 11.6 Å². The van der Waals surface area contributed by atoms with Crippen molar-refractivity contribution < 1.29 is 4.74 Å². The van der Waals surface area contributed by atoms with Gasteiger partial charge in [-0.25, -0.2) is 0 Å². The molecule has 0 bridgehead atoms. The van der Waals surface area contributed by atoms with E-state index in [1.54, 1.807) is 12.4 Å². The number of hydrogen-bond donors (Lipinski definition) is 1. The van der Waals surface area contributed by atoms with Crippen LogP contribution >= 0.6 is 11.6 Å². The van der Waals surface area contributed by atoms with E-state index in [9.17, 15) is 0 Å². The fourth-order valence-corrected chi connectivity index (χ4v) is 1.95. The third kappa shape index (κ3) is 4.23. The second-order valence-electron chi connectivity index (χ2n) is 4.58. The molecule has 1 aromatic heterocycles. The summed E-state index contributed by atoms with van der Waals surface area (Å²) in [6.07, 6.45) is 4.19. The predicted octanol–water partition coefficient (Wildman–Crippen LogP) is 3.20. The van der Waals surface area contributed by atoms with Gasteiger partial charge in [-0.3, -0.25) is 4.98 Å². The molecule has 3 nitrogen and oxygen atoms in total. The fraction of sp³-hybridized carbons (Fsp3) is 0.267. The molecule has 0 amide bonds. The van der Waals surface area contributed by atoms with Gasteiger partial charge in [0.15, 0.2) is 0 Å². The standard InChI is InChI=1S/C15H17ClN2O/c1-11(17)8-12-2-4-14(5-3-12)19-10-13-6-7-18-9-15(13)16/h2-7,9,11H,8,10,17H2,1H3. The minimum absolute atomic E-state index is 0.169. The van der Waals surface area contributed by atoms with Crippen LogP contribution in [0.5, 0.6) is 5.75 Å². The van der Waals surface area contributed by atoms with Gasteiger partial charge in [-0.15, -0.1) is 0 Å². The number of ether oxygens (including phenoxy) is 1. The molecule has 1 unspecified atom stereocenters. The molecule has 0 spiro atoms. The Balaban J connectivity index is 1.95. The van der Waals surface area contributed by atoms with Crippen LogP contribution in [0.25, 0.3) is 0 Å². The predicted molar refractivity (Wildman–Crippen MR) is 77.4 cm³/mol. The Bertz CT molecular complexity index is 526. The summed E-state index contributed by atoms with van der Waals surface area (Å²) in [6.45, 7) is 2.43. The number of nitrogens with zero attached hydrogens (tertiary/aromatic N) is 1. The summed E-state index contributed by atoms with van der Waals surface area (Å²) in [7, 11) is 0. The zero-order valence-corrected chi connectivity index (χ0v) is 11.6. The van der Waals surface area contributed by atoms with Crippen molar-refractivity contribution in [2.24, 2.45) is 5.73 Å². The van der Waals surface area contributed by atoms with E-state index in [1.165, 1.54) is 5.56 Å². The summed E-state index contributed by atoms with van der Waals surface area (Å²) in [4.78, 5) is 3.94. The van der Waals surface area contributed by atoms with Crippen molar-refractivity contribution in [2.45, 2.75) is 26.0 Å². The number of pyridine rings is 1. The highest BCUT2D eigenvalue weighted by Crippen LogP contribution is 2.18. The van der Waals surface area contributed by atoms with Crippen LogP contribution in [0.2, 0.25) is 5.02 Å². The first-order chi connectivity index (χ1) is 9.15. The third-order valence-corrected chi connectivity index (χ3v) is 3.07. The minimum atomic E-state index is 0.169. The van der Waals surface area contributed by atoms with Crippen molar-refractivity contribution in [3.8, 4) is 5.75 Å². The normalized spacial score (nSPS) is 12.2. The summed E-state index contributed by atoms with van der Waals surface area (Å²) in [6, 6.07) is 9.99. The van der Waals surface area contributed by atoms with Gasteiger partial charge in [0.05, 0.1) is 5.02 Å². The first kappa shape index (κ1) is 13.8. The number of nitrogens with two attached hydrogens (primary N) is 1. The molecule has 1 heterocycles. The largest absolute Gasteiger partial charge is 0.489 e. The maximum atomic E-state index is 6.02. The molecular formula is C15H17ClN2O. The fourth-order valence-electron chi connectivity index (χ4n) is 1.78. The lowest BCUT2D eigenvalue weighted by Crippen LogP contribution is -2.17. The van der Waals surface area contributed by atoms with Crippen molar-refractivity contribution in [2.75, 3.05) is 0 Å². The molecule has 0 radical (unpaired) electrons. The SMILES string of the molecule is CC(N)Cc1ccc(OCc2ccncc2Cl)cc1. The Hall–Kier alpha value is -1.58. The molecule has 19 heavy (non-hydrogen) atoms. The molecule has 100 valence electrons. The van der Waals surface area contributed by atoms with Crippen LogP contribution in [0.3, 0.4) is 0 Å². The molecule has 2 N–H and O–H groups in total. The van der Waals surface area contributed by atoms with E-state index < -0.39 is 0 Å². The van der Waals surface area contributed by atoms with E-state index in [1.807, 2.05) is 37.3 Å². The van der Waals surface area contributed by atoms with Gasteiger partial charge in [-0.1, -0.05) is 23.7 Å². The highest BCUT2D eigenvalue weighted by Gasteiger charge is 2.02. The first-order valence-electron chi connectivity index (χ1n) is 6.21. The smallest absolute Gasteiger partial charge is 0.119 e. The van der Waals surface area contributed by atoms with Gasteiger partial charge in [0.2, 0.25) is 0 Å². The lowest BCUT2D eigenvalue weighted by molar-refractivity contribution is 0.306. The summed E-state index contributed by atoms with van der Waals surface area (Å²) < 4.78 is 5.69. The Morgan fingerprint density at radius 1 is 1.26 bits per heavy atom. The van der Waals surface area contributed by atoms with Crippen LogP contribution < -0.4 is 10.5 Å². The van der Waals surface area contributed by atoms with Crippen LogP contribution in [0.1, 0.15) is 18.1 Å². The van der Waals surface area contributed by atoms with Crippen molar-refractivity contribution in [1.82, 2.24) is 4.98 Å². The summed E-state index contributed by atoms with van der Waals surface area (Å²) in [5.74, 6) is 0.821. The zero-order chi connectivity index (χ0) is 13.7. The maximum absolute atomic E-state index is 6.02. The van der Waals surface area contributed by atoms with Crippen molar-refractivity contribution >= 4 is 11.6 Å². The third-order valence-electron chi connectivity index (χ3n) is 2.73. The van der Waals surface area contributed by atoms with Crippen molar-refractivity contribution in [3.05, 3.63) is 58.9 Å². The lowest BCUT2D eigenvalue weighted by Gasteiger charge is -2.09. The quantitative estimate of drug-likeness (QED) is 0.912. The molecule has 4 heteroatoms. The van der Waals surface area contributed by atoms with E-state index in [-0.39, 0.29) is 6.04 Å². The highest BCUT2D eigenvalue weighted by atomic mass is 35.5. The van der Waals surface area contributed by atoms with E-state index >= 15 is 0 Å². The first-order valence-corrected chi connectivity index (χ1v) is 6.58. The van der Waals surface area contributed by atoms with Gasteiger partial charge in [0.1, 0.15) is 12.4 Å². The molecule has 0 aliphatic heterocycles. The van der Waals surface area contributed by atoms with E-state index in [0.717, 1.165) is 17.7 Å². The summed E-state index contributed by atoms with van der Waals surface area (Å²) in [5, 5.41) is 0.621. The van der Waals surface area contributed by atoms with Crippen LogP contribution in [0.15, 0.2) is 42.7 Å². The van der Waals surface area contributed by atoms with Crippen molar-refractivity contribution in [1.29, 1.82) is 0 Å². The molecule has 1 atom stereocenters. The summed E-state index contributed by atoms with van der Waals surface area (Å²) in [5.41, 5.74) is 7.90. The van der Waals surface area contributed by atoms with Crippen LogP contribution in [0.4, 0.5) is 0 Å². The molecule has 1 aromatic carbocycles. The number of hydrogen-bond acceptors (Lipinski definition) is 3. The van der Waals surface area contributed by atoms with Crippen LogP contribution in [-0.2, 0) is 13.0 Å². The van der Waals surface area contributed by atoms with Crippen molar-refractivity contribution in [3.63, 3.8) is 0 Å². The number of aromatic nitrogens is 1.